The molecule has 0 fully saturated rings. The highest BCUT2D eigenvalue weighted by Crippen LogP contribution is 2.39. The van der Waals surface area contributed by atoms with Gasteiger partial charge in [0.15, 0.2) is 5.58 Å². The van der Waals surface area contributed by atoms with Gasteiger partial charge in [0.1, 0.15) is 5.52 Å². The summed E-state index contributed by atoms with van der Waals surface area (Å²) in [5.74, 6) is 0.359. The first-order valence-electron chi connectivity index (χ1n) is 9.00. The van der Waals surface area contributed by atoms with Crippen LogP contribution in [0.5, 0.6) is 0 Å². The van der Waals surface area contributed by atoms with E-state index in [4.69, 9.17) is 4.42 Å². The number of amides is 1. The standard InChI is InChI=1S/C10H11N3O2.C10H22O/c1-6(14)12-10-13-8-4-3-7(11-2)5-9(8)15-10;1-7-8(2)9(3,4)10(5,6)11/h3-5,11H,1-2H3,(H,12,13,14);8,11H,7H2,1-6H3. The summed E-state index contributed by atoms with van der Waals surface area (Å²) in [7, 11) is 1.83. The third-order valence-electron chi connectivity index (χ3n) is 5.38. The highest BCUT2D eigenvalue weighted by atomic mass is 16.4. The Morgan fingerprint density at radius 1 is 1.31 bits per heavy atom. The molecule has 0 radical (unpaired) electrons. The van der Waals surface area contributed by atoms with E-state index in [1.807, 2.05) is 39.1 Å². The topological polar surface area (TPSA) is 87.4 Å². The molecule has 1 atom stereocenters. The van der Waals surface area contributed by atoms with Gasteiger partial charge in [-0.05, 0) is 37.3 Å². The Hall–Kier alpha value is -2.08. The second-order valence-corrected chi connectivity index (χ2v) is 7.72. The molecule has 1 aromatic heterocycles. The number of hydrogen-bond acceptors (Lipinski definition) is 5. The number of oxazole rings is 1. The van der Waals surface area contributed by atoms with Gasteiger partial charge in [0.25, 0.3) is 0 Å². The summed E-state index contributed by atoms with van der Waals surface area (Å²) in [6.45, 7) is 13.8. The zero-order valence-electron chi connectivity index (χ0n) is 17.2. The minimum absolute atomic E-state index is 0.00174. The van der Waals surface area contributed by atoms with Crippen LogP contribution in [-0.2, 0) is 4.79 Å². The van der Waals surface area contributed by atoms with Crippen molar-refractivity contribution in [1.29, 1.82) is 0 Å². The molecule has 146 valence electrons. The number of aromatic nitrogens is 1. The molecule has 0 saturated heterocycles. The molecule has 26 heavy (non-hydrogen) atoms. The Balaban J connectivity index is 0.000000276. The fourth-order valence-corrected chi connectivity index (χ4v) is 2.40. The van der Waals surface area contributed by atoms with Gasteiger partial charge in [-0.2, -0.15) is 4.98 Å². The molecule has 1 aromatic carbocycles. The van der Waals surface area contributed by atoms with Gasteiger partial charge in [0, 0.05) is 25.7 Å². The number of hydrogen-bond donors (Lipinski definition) is 3. The van der Waals surface area contributed by atoms with Crippen molar-refractivity contribution in [1.82, 2.24) is 4.98 Å². The summed E-state index contributed by atoms with van der Waals surface area (Å²) >= 11 is 0. The molecular formula is C20H33N3O3. The van der Waals surface area contributed by atoms with Gasteiger partial charge in [-0.25, -0.2) is 0 Å². The minimum atomic E-state index is -0.581. The Labute approximate surface area is 156 Å². The van der Waals surface area contributed by atoms with E-state index in [9.17, 15) is 9.90 Å². The van der Waals surface area contributed by atoms with E-state index in [1.54, 1.807) is 0 Å². The molecule has 1 unspecified atom stereocenters. The first-order chi connectivity index (χ1) is 11.9. The third-order valence-corrected chi connectivity index (χ3v) is 5.38. The lowest BCUT2D eigenvalue weighted by Gasteiger charge is -2.42. The van der Waals surface area contributed by atoms with Crippen molar-refractivity contribution in [3.63, 3.8) is 0 Å². The number of benzene rings is 1. The van der Waals surface area contributed by atoms with Gasteiger partial charge in [0.2, 0.25) is 5.91 Å². The Morgan fingerprint density at radius 3 is 2.35 bits per heavy atom. The van der Waals surface area contributed by atoms with Crippen molar-refractivity contribution >= 4 is 28.7 Å². The summed E-state index contributed by atoms with van der Waals surface area (Å²) in [5, 5.41) is 15.3. The first kappa shape index (κ1) is 22.0. The predicted octanol–water partition coefficient (Wildman–Crippen LogP) is 4.66. The van der Waals surface area contributed by atoms with Crippen LogP contribution in [-0.4, -0.2) is 28.6 Å². The number of nitrogens with zero attached hydrogens (tertiary/aromatic N) is 1. The van der Waals surface area contributed by atoms with Crippen LogP contribution in [0.4, 0.5) is 11.7 Å². The summed E-state index contributed by atoms with van der Waals surface area (Å²) in [5.41, 5.74) is 1.72. The molecular weight excluding hydrogens is 330 g/mol. The van der Waals surface area contributed by atoms with Crippen LogP contribution in [0.25, 0.3) is 11.1 Å². The van der Waals surface area contributed by atoms with Crippen LogP contribution in [0.2, 0.25) is 0 Å². The summed E-state index contributed by atoms with van der Waals surface area (Å²) in [6, 6.07) is 5.78. The number of aliphatic hydroxyl groups is 1. The van der Waals surface area contributed by atoms with E-state index in [0.29, 0.717) is 11.5 Å². The monoisotopic (exact) mass is 363 g/mol. The largest absolute Gasteiger partial charge is 0.423 e. The Bertz CT molecular complexity index is 729. The molecule has 0 bridgehead atoms. The van der Waals surface area contributed by atoms with Crippen molar-refractivity contribution in [3.8, 4) is 0 Å². The number of fused-ring (bicyclic) bond motifs is 1. The molecule has 0 aliphatic rings. The van der Waals surface area contributed by atoms with E-state index in [0.717, 1.165) is 17.6 Å². The molecule has 2 aromatic rings. The molecule has 0 aliphatic heterocycles. The molecule has 2 rings (SSSR count). The molecule has 3 N–H and O–H groups in total. The molecule has 0 aliphatic carbocycles. The zero-order valence-corrected chi connectivity index (χ0v) is 17.2. The fourth-order valence-electron chi connectivity index (χ4n) is 2.40. The summed E-state index contributed by atoms with van der Waals surface area (Å²) in [6.07, 6.45) is 1.12. The van der Waals surface area contributed by atoms with Crippen molar-refractivity contribution in [3.05, 3.63) is 18.2 Å². The smallest absolute Gasteiger partial charge is 0.302 e. The van der Waals surface area contributed by atoms with Crippen molar-refractivity contribution < 1.29 is 14.3 Å². The zero-order chi connectivity index (χ0) is 20.1. The average Bonchev–Trinajstić information content (AvgIpc) is 2.93. The first-order valence-corrected chi connectivity index (χ1v) is 9.00. The molecule has 1 amide bonds. The summed E-state index contributed by atoms with van der Waals surface area (Å²) < 4.78 is 5.34. The average molecular weight is 364 g/mol. The maximum atomic E-state index is 10.8. The highest BCUT2D eigenvalue weighted by Gasteiger charge is 2.38. The van der Waals surface area contributed by atoms with Gasteiger partial charge in [0.05, 0.1) is 5.60 Å². The summed E-state index contributed by atoms with van der Waals surface area (Å²) in [4.78, 5) is 14.9. The fraction of sp³-hybridized carbons (Fsp3) is 0.600. The predicted molar refractivity (Wildman–Crippen MR) is 107 cm³/mol. The Kier molecular flexibility index (Phi) is 7.21. The SMILES string of the molecule is CCC(C)C(C)(C)C(C)(C)O.CNc1ccc2nc(NC(C)=O)oc2c1. The van der Waals surface area contributed by atoms with Crippen molar-refractivity contribution in [2.45, 2.75) is 60.5 Å². The van der Waals surface area contributed by atoms with Crippen LogP contribution in [0.1, 0.15) is 54.9 Å². The quantitative estimate of drug-likeness (QED) is 0.719. The second-order valence-electron chi connectivity index (χ2n) is 7.72. The minimum Gasteiger partial charge on any atom is -0.423 e. The number of carbonyl (C=O) groups is 1. The normalized spacial score (nSPS) is 13.0. The van der Waals surface area contributed by atoms with Crippen molar-refractivity contribution in [2.24, 2.45) is 11.3 Å². The van der Waals surface area contributed by atoms with E-state index < -0.39 is 5.60 Å². The molecule has 1 heterocycles. The van der Waals surface area contributed by atoms with Crippen LogP contribution >= 0.6 is 0 Å². The molecule has 0 spiro atoms. The van der Waals surface area contributed by atoms with Gasteiger partial charge < -0.3 is 14.8 Å². The lowest BCUT2D eigenvalue weighted by molar-refractivity contribution is -0.114. The third kappa shape index (κ3) is 5.46. The second kappa shape index (κ2) is 8.54. The van der Waals surface area contributed by atoms with Gasteiger partial charge >= 0.3 is 6.01 Å². The number of anilines is 2. The lowest BCUT2D eigenvalue weighted by Crippen LogP contribution is -2.43. The van der Waals surface area contributed by atoms with Crippen molar-refractivity contribution in [2.75, 3.05) is 17.7 Å². The highest BCUT2D eigenvalue weighted by molar-refractivity contribution is 5.88. The van der Waals surface area contributed by atoms with Crippen LogP contribution in [0, 0.1) is 11.3 Å². The molecule has 6 heteroatoms. The van der Waals surface area contributed by atoms with Crippen LogP contribution in [0.15, 0.2) is 22.6 Å². The van der Waals surface area contributed by atoms with Crippen LogP contribution < -0.4 is 10.6 Å². The number of carbonyl (C=O) groups excluding carboxylic acids is 1. The number of nitrogens with one attached hydrogen (secondary N) is 2. The van der Waals surface area contributed by atoms with E-state index >= 15 is 0 Å². The lowest BCUT2D eigenvalue weighted by atomic mass is 9.68. The van der Waals surface area contributed by atoms with Gasteiger partial charge in [-0.3, -0.25) is 10.1 Å². The van der Waals surface area contributed by atoms with E-state index in [1.165, 1.54) is 6.92 Å². The van der Waals surface area contributed by atoms with Crippen LogP contribution in [0.3, 0.4) is 0 Å². The van der Waals surface area contributed by atoms with E-state index in [2.05, 4.69) is 43.3 Å². The van der Waals surface area contributed by atoms with Gasteiger partial charge in [-0.1, -0.05) is 34.1 Å². The Morgan fingerprint density at radius 2 is 1.92 bits per heavy atom. The molecule has 6 nitrogen and oxygen atoms in total. The van der Waals surface area contributed by atoms with E-state index in [-0.39, 0.29) is 17.3 Å². The maximum Gasteiger partial charge on any atom is 0.302 e. The molecule has 0 saturated carbocycles. The maximum absolute atomic E-state index is 10.8. The number of rotatable bonds is 5. The van der Waals surface area contributed by atoms with Gasteiger partial charge in [-0.15, -0.1) is 0 Å².